The lowest BCUT2D eigenvalue weighted by atomic mass is 10.1. The van der Waals surface area contributed by atoms with Gasteiger partial charge < -0.3 is 20.1 Å². The number of aromatic carboxylic acids is 1. The summed E-state index contributed by atoms with van der Waals surface area (Å²) in [7, 11) is 0. The van der Waals surface area contributed by atoms with Crippen molar-refractivity contribution in [2.45, 2.75) is 6.92 Å². The van der Waals surface area contributed by atoms with Crippen LogP contribution < -0.4 is 5.32 Å². The van der Waals surface area contributed by atoms with Gasteiger partial charge in [0.25, 0.3) is 5.91 Å². The highest BCUT2D eigenvalue weighted by Gasteiger charge is 2.20. The Hall–Kier alpha value is -3.60. The van der Waals surface area contributed by atoms with E-state index >= 15 is 0 Å². The Kier molecular flexibility index (Phi) is 4.42. The number of aryl methyl sites for hydroxylation is 1. The van der Waals surface area contributed by atoms with Crippen LogP contribution in [-0.4, -0.2) is 27.2 Å². The lowest BCUT2D eigenvalue weighted by molar-refractivity contribution is -0.112. The van der Waals surface area contributed by atoms with E-state index in [-0.39, 0.29) is 16.8 Å². The quantitative estimate of drug-likeness (QED) is 0.446. The molecule has 1 heterocycles. The van der Waals surface area contributed by atoms with Gasteiger partial charge in [-0.15, -0.1) is 0 Å². The van der Waals surface area contributed by atoms with Gasteiger partial charge in [-0.05, 0) is 31.2 Å². The molecule has 0 unspecified atom stereocenters. The zero-order valence-corrected chi connectivity index (χ0v) is 11.9. The van der Waals surface area contributed by atoms with Crippen LogP contribution in [0.2, 0.25) is 0 Å². The maximum absolute atomic E-state index is 12.1. The number of hydrogen-bond acceptors (Lipinski definition) is 6. The van der Waals surface area contributed by atoms with E-state index in [0.717, 1.165) is 6.26 Å². The number of aliphatic hydroxyl groups excluding tert-OH is 1. The van der Waals surface area contributed by atoms with Gasteiger partial charge in [-0.25, -0.2) is 4.79 Å². The number of nitrogens with one attached hydrogen (secondary N) is 1. The van der Waals surface area contributed by atoms with Crippen LogP contribution >= 0.6 is 0 Å². The largest absolute Gasteiger partial charge is 0.506 e. The first-order chi connectivity index (χ1) is 10.9. The van der Waals surface area contributed by atoms with Crippen molar-refractivity contribution in [1.82, 2.24) is 5.16 Å². The second-order valence-electron chi connectivity index (χ2n) is 4.49. The maximum Gasteiger partial charge on any atom is 0.335 e. The van der Waals surface area contributed by atoms with E-state index in [1.54, 1.807) is 13.0 Å². The molecule has 1 amide bonds. The fourth-order valence-electron chi connectivity index (χ4n) is 1.76. The Morgan fingerprint density at radius 3 is 2.39 bits per heavy atom. The normalized spacial score (nSPS) is 11.3. The molecule has 0 saturated carbocycles. The molecule has 8 heteroatoms. The number of rotatable bonds is 4. The Morgan fingerprint density at radius 1 is 1.26 bits per heavy atom. The minimum absolute atomic E-state index is 0.0574. The van der Waals surface area contributed by atoms with Crippen LogP contribution in [0.5, 0.6) is 0 Å². The molecule has 0 spiro atoms. The highest BCUT2D eigenvalue weighted by atomic mass is 16.5. The van der Waals surface area contributed by atoms with Crippen molar-refractivity contribution in [3.8, 4) is 6.07 Å². The summed E-state index contributed by atoms with van der Waals surface area (Å²) in [5, 5.41) is 33.9. The smallest absolute Gasteiger partial charge is 0.335 e. The molecule has 0 bridgehead atoms. The Labute approximate surface area is 130 Å². The SMILES string of the molecule is Cc1nocc1C(O)=C(C#N)C(=O)Nc1ccc(C(=O)O)cc1. The second-order valence-corrected chi connectivity index (χ2v) is 4.49. The van der Waals surface area contributed by atoms with Gasteiger partial charge in [0.15, 0.2) is 11.3 Å². The van der Waals surface area contributed by atoms with Gasteiger partial charge in [0.2, 0.25) is 0 Å². The summed E-state index contributed by atoms with van der Waals surface area (Å²) in [6.07, 6.45) is 1.12. The Morgan fingerprint density at radius 2 is 1.91 bits per heavy atom. The number of carboxylic acids is 1. The lowest BCUT2D eigenvalue weighted by Gasteiger charge is -2.06. The molecule has 0 aliphatic rings. The fourth-order valence-corrected chi connectivity index (χ4v) is 1.76. The van der Waals surface area contributed by atoms with Crippen molar-refractivity contribution in [3.63, 3.8) is 0 Å². The van der Waals surface area contributed by atoms with Gasteiger partial charge in [-0.1, -0.05) is 5.16 Å². The Bertz CT molecular complexity index is 828. The molecule has 116 valence electrons. The summed E-state index contributed by atoms with van der Waals surface area (Å²) in [6, 6.07) is 6.97. The summed E-state index contributed by atoms with van der Waals surface area (Å²) in [5.41, 5.74) is 0.287. The van der Waals surface area contributed by atoms with E-state index in [1.807, 2.05) is 0 Å². The molecule has 0 fully saturated rings. The van der Waals surface area contributed by atoms with Crippen LogP contribution in [0.25, 0.3) is 5.76 Å². The molecule has 23 heavy (non-hydrogen) atoms. The van der Waals surface area contributed by atoms with E-state index in [1.165, 1.54) is 24.3 Å². The molecule has 2 rings (SSSR count). The average Bonchev–Trinajstić information content (AvgIpc) is 2.94. The number of amides is 1. The van der Waals surface area contributed by atoms with E-state index in [0.29, 0.717) is 5.69 Å². The molecule has 0 aliphatic heterocycles. The third-order valence-corrected chi connectivity index (χ3v) is 2.97. The third kappa shape index (κ3) is 3.36. The van der Waals surface area contributed by atoms with Crippen molar-refractivity contribution in [2.24, 2.45) is 0 Å². The molecule has 1 aromatic carbocycles. The number of carboxylic acid groups (broad SMARTS) is 1. The van der Waals surface area contributed by atoms with E-state index in [4.69, 9.17) is 10.4 Å². The van der Waals surface area contributed by atoms with Gasteiger partial charge in [-0.3, -0.25) is 4.79 Å². The molecule has 0 saturated heterocycles. The maximum atomic E-state index is 12.1. The molecular weight excluding hydrogens is 302 g/mol. The van der Waals surface area contributed by atoms with Gasteiger partial charge in [-0.2, -0.15) is 5.26 Å². The lowest BCUT2D eigenvalue weighted by Crippen LogP contribution is -2.15. The third-order valence-electron chi connectivity index (χ3n) is 2.97. The zero-order chi connectivity index (χ0) is 17.0. The van der Waals surface area contributed by atoms with E-state index < -0.39 is 23.2 Å². The minimum atomic E-state index is -1.10. The minimum Gasteiger partial charge on any atom is -0.506 e. The monoisotopic (exact) mass is 313 g/mol. The van der Waals surface area contributed by atoms with Crippen LogP contribution in [0, 0.1) is 18.3 Å². The van der Waals surface area contributed by atoms with Crippen molar-refractivity contribution < 1.29 is 24.3 Å². The van der Waals surface area contributed by atoms with Gasteiger partial charge in [0.1, 0.15) is 12.3 Å². The number of carbonyl (C=O) groups excluding carboxylic acids is 1. The van der Waals surface area contributed by atoms with E-state index in [2.05, 4.69) is 15.0 Å². The van der Waals surface area contributed by atoms with Gasteiger partial charge in [0.05, 0.1) is 16.8 Å². The number of carbonyl (C=O) groups is 2. The predicted molar refractivity (Wildman–Crippen MR) is 78.4 cm³/mol. The fraction of sp³-hybridized carbons (Fsp3) is 0.0667. The number of anilines is 1. The van der Waals surface area contributed by atoms with Crippen LogP contribution in [0.15, 0.2) is 40.6 Å². The Balaban J connectivity index is 2.26. The number of hydrogen-bond donors (Lipinski definition) is 3. The highest BCUT2D eigenvalue weighted by molar-refractivity contribution is 6.11. The number of nitriles is 1. The predicted octanol–water partition coefficient (Wildman–Crippen LogP) is 2.11. The molecular formula is C15H11N3O5. The topological polar surface area (TPSA) is 136 Å². The van der Waals surface area contributed by atoms with Gasteiger partial charge in [0, 0.05) is 5.69 Å². The molecule has 1 aromatic heterocycles. The first kappa shape index (κ1) is 15.8. The highest BCUT2D eigenvalue weighted by Crippen LogP contribution is 2.20. The van der Waals surface area contributed by atoms with Crippen molar-refractivity contribution in [2.75, 3.05) is 5.32 Å². The summed E-state index contributed by atoms with van der Waals surface area (Å²) in [5.74, 6) is -2.49. The molecule has 8 nitrogen and oxygen atoms in total. The van der Waals surface area contributed by atoms with E-state index in [9.17, 15) is 14.7 Å². The van der Waals surface area contributed by atoms with Crippen molar-refractivity contribution >= 4 is 23.3 Å². The van der Waals surface area contributed by atoms with Crippen molar-refractivity contribution in [3.05, 3.63) is 52.9 Å². The van der Waals surface area contributed by atoms with Crippen molar-refractivity contribution in [1.29, 1.82) is 5.26 Å². The van der Waals surface area contributed by atoms with Crippen LogP contribution in [-0.2, 0) is 4.79 Å². The summed E-state index contributed by atoms with van der Waals surface area (Å²) in [4.78, 5) is 22.8. The standard InChI is InChI=1S/C15H11N3O5/c1-8-12(7-23-18-8)13(19)11(6-16)14(20)17-10-4-2-9(3-5-10)15(21)22/h2-5,7,19H,1H3,(H,17,20)(H,21,22). The molecule has 3 N–H and O–H groups in total. The van der Waals surface area contributed by atoms with Crippen LogP contribution in [0.1, 0.15) is 21.6 Å². The van der Waals surface area contributed by atoms with Crippen LogP contribution in [0.4, 0.5) is 5.69 Å². The summed E-state index contributed by atoms with van der Waals surface area (Å²) >= 11 is 0. The number of aromatic nitrogens is 1. The molecule has 0 aliphatic carbocycles. The first-order valence-corrected chi connectivity index (χ1v) is 6.33. The summed E-state index contributed by atoms with van der Waals surface area (Å²) in [6.45, 7) is 1.55. The zero-order valence-electron chi connectivity index (χ0n) is 11.9. The number of benzene rings is 1. The number of nitrogens with zero attached hydrogens (tertiary/aromatic N) is 2. The van der Waals surface area contributed by atoms with Gasteiger partial charge >= 0.3 is 5.97 Å². The summed E-state index contributed by atoms with van der Waals surface area (Å²) < 4.78 is 4.65. The molecule has 2 aromatic rings. The molecule has 0 radical (unpaired) electrons. The first-order valence-electron chi connectivity index (χ1n) is 6.33. The average molecular weight is 313 g/mol. The number of aliphatic hydroxyl groups is 1. The molecule has 0 atom stereocenters. The second kappa shape index (κ2) is 6.44. The van der Waals surface area contributed by atoms with Crippen LogP contribution in [0.3, 0.4) is 0 Å².